The topological polar surface area (TPSA) is 529 Å². The molecule has 2 saturated carbocycles. The van der Waals surface area contributed by atoms with Crippen molar-refractivity contribution in [3.63, 3.8) is 0 Å². The molecule has 1 aromatic heterocycles. The summed E-state index contributed by atoms with van der Waals surface area (Å²) in [5.41, 5.74) is 39.2. The number of carbonyl (C=O) groups excluding carboxylic acids is 13. The second-order valence-electron chi connectivity index (χ2n) is 35.6. The number of primary amides is 3. The number of carbonyl (C=O) groups is 13. The van der Waals surface area contributed by atoms with E-state index in [1.54, 1.807) is 66.9 Å². The molecule has 686 valence electrons. The number of likely N-dealkylation sites (N-methyl/N-ethyl adjacent to an activating group) is 1. The number of sulfonamides is 1. The summed E-state index contributed by atoms with van der Waals surface area (Å²) >= 11 is 0. The summed E-state index contributed by atoms with van der Waals surface area (Å²) in [5.74, 6) is -10.2. The smallest absolute Gasteiger partial charge is 0.246 e. The Balaban J connectivity index is 0.748. The van der Waals surface area contributed by atoms with Crippen LogP contribution in [0.25, 0.3) is 10.9 Å². The number of guanidine groups is 1. The molecule has 6 fully saturated rings. The number of unbranched alkanes of at least 4 members (excludes halogenated alkanes) is 1. The minimum atomic E-state index is -3.99. The number of nitrogens with one attached hydrogen (secondary N) is 7. The number of H-pyrrole nitrogens is 1. The molecule has 1 spiro atoms. The van der Waals surface area contributed by atoms with Gasteiger partial charge in [0.1, 0.15) is 66.5 Å². The van der Waals surface area contributed by atoms with Gasteiger partial charge < -0.3 is 90.9 Å². The molecule has 34 nitrogen and oxygen atoms in total. The molecule has 2 aliphatic carbocycles. The van der Waals surface area contributed by atoms with Crippen LogP contribution in [-0.4, -0.2) is 238 Å². The van der Waals surface area contributed by atoms with Crippen molar-refractivity contribution in [3.05, 3.63) is 179 Å². The molecule has 35 heteroatoms. The highest BCUT2D eigenvalue weighted by Crippen LogP contribution is 2.70. The molecule has 12 rings (SSSR count). The fourth-order valence-corrected chi connectivity index (χ4v) is 22.8. The maximum atomic E-state index is 15.6. The van der Waals surface area contributed by atoms with Crippen molar-refractivity contribution in [2.24, 2.45) is 56.1 Å². The van der Waals surface area contributed by atoms with E-state index in [1.165, 1.54) is 31.0 Å². The van der Waals surface area contributed by atoms with Crippen molar-refractivity contribution in [3.8, 4) is 0 Å². The fraction of sp³-hybridized carbons (Fsp3) is 0.505. The molecule has 19 N–H and O–H groups in total. The van der Waals surface area contributed by atoms with Crippen LogP contribution in [0.5, 0.6) is 0 Å². The van der Waals surface area contributed by atoms with Crippen molar-refractivity contribution < 1.29 is 70.7 Å². The van der Waals surface area contributed by atoms with Gasteiger partial charge in [-0.25, -0.2) is 8.42 Å². The number of aliphatic imine (C=N–C) groups is 1. The Morgan fingerprint density at radius 1 is 0.508 bits per heavy atom. The molecule has 5 heterocycles. The Bertz CT molecular complexity index is 5150. The van der Waals surface area contributed by atoms with Crippen molar-refractivity contribution in [1.82, 2.24) is 60.8 Å². The Hall–Kier alpha value is -12.1. The molecule has 6 aromatic rings. The van der Waals surface area contributed by atoms with Crippen molar-refractivity contribution in [1.29, 1.82) is 0 Å². The lowest BCUT2D eigenvalue weighted by atomic mass is 9.69. The van der Waals surface area contributed by atoms with E-state index >= 15 is 33.6 Å². The maximum Gasteiger partial charge on any atom is 0.246 e. The summed E-state index contributed by atoms with van der Waals surface area (Å²) in [6.07, 6.45) is 4.95. The molecule has 13 amide bonds. The zero-order valence-electron chi connectivity index (χ0n) is 73.0. The largest absolute Gasteiger partial charge is 0.370 e. The first-order valence-corrected chi connectivity index (χ1v) is 46.2. The maximum absolute atomic E-state index is 15.6. The average Bonchev–Trinajstić information content (AvgIpc) is 1.50. The van der Waals surface area contributed by atoms with Gasteiger partial charge in [-0.05, 0) is 166 Å². The monoisotopic (exact) mass is 1780 g/mol. The quantitative estimate of drug-likeness (QED) is 0.0148. The van der Waals surface area contributed by atoms with Gasteiger partial charge in [-0.3, -0.25) is 67.3 Å². The lowest BCUT2D eigenvalue weighted by Gasteiger charge is -2.40. The number of fused-ring (bicyclic) bond motifs is 2. The molecule has 4 saturated heterocycles. The van der Waals surface area contributed by atoms with E-state index < -0.39 is 190 Å². The van der Waals surface area contributed by atoms with E-state index in [1.807, 2.05) is 78.9 Å². The number of aromatic nitrogens is 1. The molecule has 6 aliphatic rings. The summed E-state index contributed by atoms with van der Waals surface area (Å²) in [4.78, 5) is 203. The van der Waals surface area contributed by atoms with E-state index in [0.717, 1.165) is 34.0 Å². The van der Waals surface area contributed by atoms with Gasteiger partial charge in [0.2, 0.25) is 86.8 Å². The number of benzene rings is 5. The van der Waals surface area contributed by atoms with Gasteiger partial charge in [-0.15, -0.1) is 0 Å². The summed E-state index contributed by atoms with van der Waals surface area (Å²) in [7, 11) is -2.53. The first-order valence-electron chi connectivity index (χ1n) is 44.6. The zero-order valence-corrected chi connectivity index (χ0v) is 73.9. The van der Waals surface area contributed by atoms with Crippen LogP contribution in [0.15, 0.2) is 151 Å². The number of nitrogens with zero attached hydrogens (tertiary/aromatic N) is 6. The minimum Gasteiger partial charge on any atom is -0.370 e. The number of rotatable bonds is 43. The second-order valence-corrected chi connectivity index (χ2v) is 37.5. The number of likely N-dealkylation sites (tertiary alicyclic amines) is 3. The van der Waals surface area contributed by atoms with E-state index in [9.17, 15) is 37.2 Å². The fourth-order valence-electron chi connectivity index (χ4n) is 20.0. The lowest BCUT2D eigenvalue weighted by molar-refractivity contribution is -0.148. The van der Waals surface area contributed by atoms with E-state index in [0.29, 0.717) is 61.6 Å². The van der Waals surface area contributed by atoms with Crippen LogP contribution < -0.4 is 66.3 Å². The van der Waals surface area contributed by atoms with E-state index in [2.05, 4.69) is 55.7 Å². The number of nitrogens with two attached hydrogens (primary N) is 6. The summed E-state index contributed by atoms with van der Waals surface area (Å²) in [6.45, 7) is 4.79. The van der Waals surface area contributed by atoms with Crippen molar-refractivity contribution in [2.75, 3.05) is 45.5 Å². The highest BCUT2D eigenvalue weighted by atomic mass is 32.2. The molecule has 0 radical (unpaired) electrons. The first kappa shape index (κ1) is 95.0. The average molecular weight is 1780 g/mol. The first-order chi connectivity index (χ1) is 61.2. The lowest BCUT2D eigenvalue weighted by Crippen LogP contribution is -2.61. The third-order valence-electron chi connectivity index (χ3n) is 27.1. The predicted molar refractivity (Wildman–Crippen MR) is 480 cm³/mol. The van der Waals surface area contributed by atoms with Crippen LogP contribution in [0.2, 0.25) is 0 Å². The molecule has 128 heavy (non-hydrogen) atoms. The van der Waals surface area contributed by atoms with Gasteiger partial charge in [-0.1, -0.05) is 147 Å². The van der Waals surface area contributed by atoms with Gasteiger partial charge in [0.25, 0.3) is 0 Å². The van der Waals surface area contributed by atoms with Gasteiger partial charge in [0.05, 0.1) is 5.75 Å². The Morgan fingerprint density at radius 3 is 1.57 bits per heavy atom. The minimum absolute atomic E-state index is 0.0204. The van der Waals surface area contributed by atoms with Gasteiger partial charge in [-0.2, -0.15) is 4.31 Å². The van der Waals surface area contributed by atoms with Gasteiger partial charge in [0, 0.05) is 100 Å². The second kappa shape index (κ2) is 42.7. The summed E-state index contributed by atoms with van der Waals surface area (Å²) in [5, 5.41) is 17.5. The SMILES string of the molecule is CN(C(=O)[C@@H]1CCCN1C(=O)[C@H](Cc1ccccc1)NC(=O)[C@H](Cc1ccccc1)NC(=O)[C@H](CCC(N)=O)NC(=O)[C@H](CCC(N)=O)NC(=O)[C@@H]1CCCN1C(=O)[C@H](CCCCN)NC(=O)[C@@H]1CCCN1C(=O)[C@H](CCCN=C(N)N)N1C2CC3CCC2(CS1(=O)=O)C3(C)C)[C@@H](Cc1ccc(Cc2ccccc2)cc1)C(=O)N[C@@H](Cc1c[nH]c2ccccc12)C(N)=O. The zero-order chi connectivity index (χ0) is 91.7. The normalized spacial score (nSPS) is 21.4. The van der Waals surface area contributed by atoms with Crippen LogP contribution in [0, 0.1) is 16.7 Å². The Labute approximate surface area is 746 Å². The van der Waals surface area contributed by atoms with Crippen LogP contribution in [0.4, 0.5) is 0 Å². The number of aromatic amines is 1. The predicted octanol–water partition coefficient (Wildman–Crippen LogP) is 2.15. The molecule has 4 aliphatic heterocycles. The Kier molecular flexibility index (Phi) is 31.7. The molecule has 3 unspecified atom stereocenters. The molecule has 5 aromatic carbocycles. The van der Waals surface area contributed by atoms with Crippen molar-refractivity contribution in [2.45, 2.75) is 234 Å². The number of hydrogen-bond donors (Lipinski definition) is 13. The summed E-state index contributed by atoms with van der Waals surface area (Å²) < 4.78 is 30.5. The molecular weight excluding hydrogens is 1660 g/mol. The standard InChI is InChI=1S/C93H123N19O15S/c1-92(2)63-42-43-93(92)56-128(126,127)112(77(93)54-63)75(30-17-45-100-91(98)99)90(125)110-47-19-32-73(110)85(120)104-68(29-15-16-44-94)87(122)109-46-18-31-72(109)84(119)103-67(39-41-79(96)114)81(116)102-66(38-40-78(95)113)82(117)106-70(50-58-23-9-5-10-24-58)83(118)107-71(51-59-25-11-6-12-26-59)88(123)111-48-20-33-74(111)89(124)108(3)76(52-61-36-34-60(35-37-61)49-57-21-7-4-8-22-57)86(121)105-69(80(97)115)53-62-55-101-65-28-14-13-27-64(62)65/h4-14,21-28,34-37,55,63,66-77,101H,15-20,29-33,38-54,56,94H2,1-3H3,(H2,95,113)(H2,96,114)(H2,97,115)(H,102,116)(H,103,119)(H,104,120)(H,105,121)(H,106,117)(H,107,118)(H4,98,99,100)/t63?,66-,67-,68-,69-,70-,71-,72-,73-,74-,75-,76-,77?,93?/m0/s1. The number of para-hydroxylation sites is 1. The molecule has 14 atom stereocenters. The summed E-state index contributed by atoms with van der Waals surface area (Å²) in [6, 6.07) is 27.1. The number of amides is 13. The molecule has 2 bridgehead atoms. The third-order valence-corrected chi connectivity index (χ3v) is 29.1. The van der Waals surface area contributed by atoms with Crippen molar-refractivity contribution >= 4 is 104 Å². The Morgan fingerprint density at radius 2 is 0.992 bits per heavy atom. The van der Waals surface area contributed by atoms with Crippen LogP contribution >= 0.6 is 0 Å². The third kappa shape index (κ3) is 22.7. The van der Waals surface area contributed by atoms with Crippen LogP contribution in [0.1, 0.15) is 163 Å². The van der Waals surface area contributed by atoms with E-state index in [-0.39, 0.29) is 126 Å². The van der Waals surface area contributed by atoms with Crippen LogP contribution in [-0.2, 0) is 104 Å². The van der Waals surface area contributed by atoms with E-state index in [4.69, 9.17) is 34.4 Å². The van der Waals surface area contributed by atoms with Gasteiger partial charge in [0.15, 0.2) is 5.96 Å². The highest BCUT2D eigenvalue weighted by molar-refractivity contribution is 7.89. The number of hydrogen-bond acceptors (Lipinski definition) is 17. The highest BCUT2D eigenvalue weighted by Gasteiger charge is 2.73. The van der Waals surface area contributed by atoms with Gasteiger partial charge >= 0.3 is 0 Å². The van der Waals surface area contributed by atoms with Crippen LogP contribution in [0.3, 0.4) is 0 Å². The molecular formula is C93H123N19O15S.